The van der Waals surface area contributed by atoms with Crippen molar-refractivity contribution in [3.63, 3.8) is 0 Å². The molecule has 0 unspecified atom stereocenters. The SMILES string of the molecule is O=C(O)c1cccc([C@H]2CCCN(C(=O)c3ccc(Cl)cc3F)C2)c1. The van der Waals surface area contributed by atoms with Crippen molar-refractivity contribution < 1.29 is 19.1 Å². The molecule has 0 aliphatic carbocycles. The third-order valence-corrected chi connectivity index (χ3v) is 4.71. The maximum Gasteiger partial charge on any atom is 0.335 e. The Morgan fingerprint density at radius 1 is 1.20 bits per heavy atom. The Bertz CT molecular complexity index is 824. The maximum atomic E-state index is 14.0. The van der Waals surface area contributed by atoms with E-state index in [0.717, 1.165) is 24.5 Å². The summed E-state index contributed by atoms with van der Waals surface area (Å²) in [5.74, 6) is -1.94. The summed E-state index contributed by atoms with van der Waals surface area (Å²) >= 11 is 5.74. The monoisotopic (exact) mass is 361 g/mol. The van der Waals surface area contributed by atoms with Crippen LogP contribution in [0.25, 0.3) is 0 Å². The minimum absolute atomic E-state index is 0.00402. The highest BCUT2D eigenvalue weighted by Gasteiger charge is 2.27. The van der Waals surface area contributed by atoms with Crippen molar-refractivity contribution in [2.75, 3.05) is 13.1 Å². The number of carboxylic acid groups (broad SMARTS) is 1. The van der Waals surface area contributed by atoms with Gasteiger partial charge in [-0.15, -0.1) is 0 Å². The lowest BCUT2D eigenvalue weighted by Crippen LogP contribution is -2.39. The summed E-state index contributed by atoms with van der Waals surface area (Å²) in [6, 6.07) is 10.8. The van der Waals surface area contributed by atoms with Gasteiger partial charge in [-0.2, -0.15) is 0 Å². The number of benzene rings is 2. The summed E-state index contributed by atoms with van der Waals surface area (Å²) in [6.45, 7) is 0.986. The van der Waals surface area contributed by atoms with E-state index in [2.05, 4.69) is 0 Å². The topological polar surface area (TPSA) is 57.6 Å². The van der Waals surface area contributed by atoms with Gasteiger partial charge < -0.3 is 10.0 Å². The Morgan fingerprint density at radius 3 is 2.72 bits per heavy atom. The molecule has 6 heteroatoms. The first kappa shape index (κ1) is 17.4. The summed E-state index contributed by atoms with van der Waals surface area (Å²) in [7, 11) is 0. The van der Waals surface area contributed by atoms with Gasteiger partial charge in [0.1, 0.15) is 5.82 Å². The first-order chi connectivity index (χ1) is 12.0. The minimum Gasteiger partial charge on any atom is -0.478 e. The van der Waals surface area contributed by atoms with Gasteiger partial charge in [0.25, 0.3) is 5.91 Å². The van der Waals surface area contributed by atoms with E-state index in [1.54, 1.807) is 23.1 Å². The van der Waals surface area contributed by atoms with E-state index in [1.807, 2.05) is 6.07 Å². The zero-order valence-electron chi connectivity index (χ0n) is 13.4. The number of amides is 1. The van der Waals surface area contributed by atoms with E-state index in [-0.39, 0.29) is 28.0 Å². The fraction of sp³-hybridized carbons (Fsp3) is 0.263. The summed E-state index contributed by atoms with van der Waals surface area (Å²) in [4.78, 5) is 25.4. The number of nitrogens with zero attached hydrogens (tertiary/aromatic N) is 1. The Balaban J connectivity index is 1.80. The lowest BCUT2D eigenvalue weighted by Gasteiger charge is -2.33. The smallest absolute Gasteiger partial charge is 0.335 e. The van der Waals surface area contributed by atoms with Gasteiger partial charge in [-0.1, -0.05) is 23.7 Å². The number of halogens is 2. The summed E-state index contributed by atoms with van der Waals surface area (Å²) in [6.07, 6.45) is 1.64. The van der Waals surface area contributed by atoms with Crippen LogP contribution in [-0.4, -0.2) is 35.0 Å². The molecule has 1 heterocycles. The molecule has 2 aromatic carbocycles. The van der Waals surface area contributed by atoms with E-state index in [0.29, 0.717) is 13.1 Å². The normalized spacial score (nSPS) is 17.4. The third kappa shape index (κ3) is 3.82. The number of piperidine rings is 1. The number of hydrogen-bond donors (Lipinski definition) is 1. The van der Waals surface area contributed by atoms with Crippen LogP contribution in [0, 0.1) is 5.82 Å². The lowest BCUT2D eigenvalue weighted by atomic mass is 9.89. The first-order valence-corrected chi connectivity index (χ1v) is 8.41. The van der Waals surface area contributed by atoms with Crippen LogP contribution in [0.15, 0.2) is 42.5 Å². The molecule has 4 nitrogen and oxygen atoms in total. The minimum atomic E-state index is -0.978. The molecule has 0 radical (unpaired) electrons. The number of likely N-dealkylation sites (tertiary alicyclic amines) is 1. The standard InChI is InChI=1S/C19H17ClFNO3/c20-15-6-7-16(17(21)10-15)18(23)22-8-2-5-14(11-22)12-3-1-4-13(9-12)19(24)25/h1,3-4,6-7,9-10,14H,2,5,8,11H2,(H,24,25)/t14-/m0/s1. The van der Waals surface area contributed by atoms with Crippen molar-refractivity contribution in [1.29, 1.82) is 0 Å². The van der Waals surface area contributed by atoms with Crippen molar-refractivity contribution in [1.82, 2.24) is 4.90 Å². The molecule has 3 rings (SSSR count). The lowest BCUT2D eigenvalue weighted by molar-refractivity contribution is 0.0686. The highest BCUT2D eigenvalue weighted by atomic mass is 35.5. The van der Waals surface area contributed by atoms with Crippen LogP contribution >= 0.6 is 11.6 Å². The molecule has 1 fully saturated rings. The zero-order chi connectivity index (χ0) is 18.0. The van der Waals surface area contributed by atoms with Crippen LogP contribution in [0.3, 0.4) is 0 Å². The molecule has 0 bridgehead atoms. The molecular weight excluding hydrogens is 345 g/mol. The fourth-order valence-corrected chi connectivity index (χ4v) is 3.35. The Kier molecular flexibility index (Phi) is 5.04. The number of aromatic carboxylic acids is 1. The second kappa shape index (κ2) is 7.23. The highest BCUT2D eigenvalue weighted by Crippen LogP contribution is 2.29. The van der Waals surface area contributed by atoms with Gasteiger partial charge in [-0.05, 0) is 48.7 Å². The molecule has 1 N–H and O–H groups in total. The van der Waals surface area contributed by atoms with Crippen molar-refractivity contribution in [2.24, 2.45) is 0 Å². The molecule has 1 aliphatic rings. The molecule has 1 saturated heterocycles. The van der Waals surface area contributed by atoms with Crippen LogP contribution in [0.1, 0.15) is 45.0 Å². The molecule has 1 atom stereocenters. The maximum absolute atomic E-state index is 14.0. The molecule has 0 saturated carbocycles. The Morgan fingerprint density at radius 2 is 2.00 bits per heavy atom. The second-order valence-corrected chi connectivity index (χ2v) is 6.58. The van der Waals surface area contributed by atoms with E-state index in [4.69, 9.17) is 16.7 Å². The Hall–Kier alpha value is -2.40. The van der Waals surface area contributed by atoms with Crippen LogP contribution in [0.5, 0.6) is 0 Å². The molecule has 0 spiro atoms. The number of hydrogen-bond acceptors (Lipinski definition) is 2. The van der Waals surface area contributed by atoms with E-state index in [1.165, 1.54) is 12.1 Å². The van der Waals surface area contributed by atoms with Gasteiger partial charge in [0.15, 0.2) is 0 Å². The van der Waals surface area contributed by atoms with Crippen molar-refractivity contribution >= 4 is 23.5 Å². The van der Waals surface area contributed by atoms with Gasteiger partial charge in [0, 0.05) is 24.0 Å². The van der Waals surface area contributed by atoms with Crippen molar-refractivity contribution in [3.8, 4) is 0 Å². The van der Waals surface area contributed by atoms with Gasteiger partial charge in [-0.3, -0.25) is 4.79 Å². The highest BCUT2D eigenvalue weighted by molar-refractivity contribution is 6.30. The van der Waals surface area contributed by atoms with Crippen molar-refractivity contribution in [2.45, 2.75) is 18.8 Å². The molecular formula is C19H17ClFNO3. The average Bonchev–Trinajstić information content (AvgIpc) is 2.61. The summed E-state index contributed by atoms with van der Waals surface area (Å²) in [5, 5.41) is 9.38. The van der Waals surface area contributed by atoms with E-state index >= 15 is 0 Å². The summed E-state index contributed by atoms with van der Waals surface area (Å²) in [5.41, 5.74) is 1.11. The van der Waals surface area contributed by atoms with E-state index < -0.39 is 11.8 Å². The molecule has 25 heavy (non-hydrogen) atoms. The predicted octanol–water partition coefficient (Wildman–Crippen LogP) is 4.20. The molecule has 1 amide bonds. The quantitative estimate of drug-likeness (QED) is 0.891. The zero-order valence-corrected chi connectivity index (χ0v) is 14.2. The van der Waals surface area contributed by atoms with Crippen LogP contribution in [-0.2, 0) is 0 Å². The number of rotatable bonds is 3. The predicted molar refractivity (Wildman–Crippen MR) is 92.7 cm³/mol. The third-order valence-electron chi connectivity index (χ3n) is 4.48. The average molecular weight is 362 g/mol. The number of carboxylic acids is 1. The van der Waals surface area contributed by atoms with Gasteiger partial charge in [-0.25, -0.2) is 9.18 Å². The van der Waals surface area contributed by atoms with Gasteiger partial charge in [0.05, 0.1) is 11.1 Å². The first-order valence-electron chi connectivity index (χ1n) is 8.03. The summed E-state index contributed by atoms with van der Waals surface area (Å²) < 4.78 is 14.0. The Labute approximate surface area is 149 Å². The van der Waals surface area contributed by atoms with Crippen molar-refractivity contribution in [3.05, 3.63) is 70.0 Å². The van der Waals surface area contributed by atoms with Gasteiger partial charge >= 0.3 is 5.97 Å². The van der Waals surface area contributed by atoms with Crippen LogP contribution < -0.4 is 0 Å². The van der Waals surface area contributed by atoms with Crippen LogP contribution in [0.4, 0.5) is 4.39 Å². The largest absolute Gasteiger partial charge is 0.478 e. The fourth-order valence-electron chi connectivity index (χ4n) is 3.19. The molecule has 2 aromatic rings. The number of carbonyl (C=O) groups excluding carboxylic acids is 1. The molecule has 1 aliphatic heterocycles. The van der Waals surface area contributed by atoms with Gasteiger partial charge in [0.2, 0.25) is 0 Å². The molecule has 0 aromatic heterocycles. The van der Waals surface area contributed by atoms with Crippen LogP contribution in [0.2, 0.25) is 5.02 Å². The second-order valence-electron chi connectivity index (χ2n) is 6.15. The molecule has 130 valence electrons. The number of carbonyl (C=O) groups is 2. The van der Waals surface area contributed by atoms with E-state index in [9.17, 15) is 14.0 Å².